The van der Waals surface area contributed by atoms with Crippen molar-refractivity contribution in [3.05, 3.63) is 59.4 Å². The van der Waals surface area contributed by atoms with Gasteiger partial charge in [0.25, 0.3) is 0 Å². The van der Waals surface area contributed by atoms with Crippen LogP contribution in [0.1, 0.15) is 12.6 Å². The van der Waals surface area contributed by atoms with E-state index in [9.17, 15) is 0 Å². The van der Waals surface area contributed by atoms with Crippen LogP contribution in [-0.4, -0.2) is 6.54 Å². The summed E-state index contributed by atoms with van der Waals surface area (Å²) in [5, 5.41) is 1.30. The average molecular weight is 269 g/mol. The van der Waals surface area contributed by atoms with Gasteiger partial charge >= 0.3 is 0 Å². The Bertz CT molecular complexity index is 634. The molecule has 1 aromatic heterocycles. The number of para-hydroxylation sites is 1. The van der Waals surface area contributed by atoms with Gasteiger partial charge in [-0.05, 0) is 25.1 Å². The van der Waals surface area contributed by atoms with Crippen LogP contribution in [0.25, 0.3) is 6.08 Å². The molecule has 0 bridgehead atoms. The number of aromatic nitrogens is 1. The SMILES string of the molecule is CCN1C(=Cc2cccc[n+]2C)Sc2ccccc21. The molecule has 0 atom stereocenters. The molecule has 0 radical (unpaired) electrons. The highest BCUT2D eigenvalue weighted by atomic mass is 32.2. The Morgan fingerprint density at radius 3 is 2.74 bits per heavy atom. The molecule has 0 aliphatic carbocycles. The molecule has 1 aromatic carbocycles. The molecule has 2 aromatic rings. The van der Waals surface area contributed by atoms with E-state index in [1.165, 1.54) is 21.3 Å². The van der Waals surface area contributed by atoms with E-state index in [-0.39, 0.29) is 0 Å². The van der Waals surface area contributed by atoms with Gasteiger partial charge in [-0.15, -0.1) is 0 Å². The second-order valence-electron chi connectivity index (χ2n) is 4.53. The maximum Gasteiger partial charge on any atom is 0.207 e. The molecule has 0 N–H and O–H groups in total. The predicted molar refractivity (Wildman–Crippen MR) is 80.9 cm³/mol. The van der Waals surface area contributed by atoms with Crippen LogP contribution in [0.3, 0.4) is 0 Å². The first-order valence-electron chi connectivity index (χ1n) is 6.50. The van der Waals surface area contributed by atoms with E-state index in [0.29, 0.717) is 0 Å². The Morgan fingerprint density at radius 2 is 1.95 bits per heavy atom. The molecule has 3 heteroatoms. The van der Waals surface area contributed by atoms with E-state index >= 15 is 0 Å². The number of anilines is 1. The molecule has 0 saturated heterocycles. The zero-order valence-corrected chi connectivity index (χ0v) is 12.0. The van der Waals surface area contributed by atoms with Crippen molar-refractivity contribution in [3.63, 3.8) is 0 Å². The van der Waals surface area contributed by atoms with Gasteiger partial charge in [0.05, 0.1) is 10.7 Å². The highest BCUT2D eigenvalue weighted by Crippen LogP contribution is 2.45. The minimum Gasteiger partial charge on any atom is -0.335 e. The number of pyridine rings is 1. The molecule has 2 heterocycles. The highest BCUT2D eigenvalue weighted by molar-refractivity contribution is 8.03. The minimum atomic E-state index is 0.992. The van der Waals surface area contributed by atoms with Gasteiger partial charge in [-0.3, -0.25) is 0 Å². The number of thioether (sulfide) groups is 1. The molecular weight excluding hydrogens is 252 g/mol. The number of aryl methyl sites for hydroxylation is 1. The standard InChI is InChI=1S/C16H17N2S/c1-3-18-14-9-4-5-10-15(14)19-16(18)12-13-8-6-7-11-17(13)2/h4-12H,3H2,1-2H3/q+1. The van der Waals surface area contributed by atoms with Gasteiger partial charge in [-0.2, -0.15) is 0 Å². The molecule has 2 nitrogen and oxygen atoms in total. The van der Waals surface area contributed by atoms with Crippen molar-refractivity contribution in [2.24, 2.45) is 7.05 Å². The van der Waals surface area contributed by atoms with Gasteiger partial charge in [-0.25, -0.2) is 4.57 Å². The third kappa shape index (κ3) is 2.26. The van der Waals surface area contributed by atoms with E-state index < -0.39 is 0 Å². The quantitative estimate of drug-likeness (QED) is 0.771. The molecular formula is C16H17N2S+. The Balaban J connectivity index is 2.02. The number of rotatable bonds is 2. The van der Waals surface area contributed by atoms with Gasteiger partial charge < -0.3 is 4.90 Å². The first-order valence-corrected chi connectivity index (χ1v) is 7.32. The molecule has 3 rings (SSSR count). The lowest BCUT2D eigenvalue weighted by molar-refractivity contribution is -0.673. The van der Waals surface area contributed by atoms with Crippen LogP contribution in [0.5, 0.6) is 0 Å². The van der Waals surface area contributed by atoms with Gasteiger partial charge in [0.15, 0.2) is 6.20 Å². The lowest BCUT2D eigenvalue weighted by Gasteiger charge is -2.17. The lowest BCUT2D eigenvalue weighted by Crippen LogP contribution is -2.31. The lowest BCUT2D eigenvalue weighted by atomic mass is 10.3. The van der Waals surface area contributed by atoms with Gasteiger partial charge in [-0.1, -0.05) is 23.9 Å². The number of nitrogens with zero attached hydrogens (tertiary/aromatic N) is 2. The zero-order chi connectivity index (χ0) is 13.2. The van der Waals surface area contributed by atoms with Crippen LogP contribution in [0.2, 0.25) is 0 Å². The second-order valence-corrected chi connectivity index (χ2v) is 5.60. The maximum absolute atomic E-state index is 2.37. The summed E-state index contributed by atoms with van der Waals surface area (Å²) in [6.07, 6.45) is 4.34. The molecule has 0 amide bonds. The summed E-state index contributed by atoms with van der Waals surface area (Å²) in [5.41, 5.74) is 2.54. The Kier molecular flexibility index (Phi) is 3.30. The summed E-state index contributed by atoms with van der Waals surface area (Å²) in [7, 11) is 2.08. The van der Waals surface area contributed by atoms with Gasteiger partial charge in [0.2, 0.25) is 5.69 Å². The Morgan fingerprint density at radius 1 is 1.16 bits per heavy atom. The second kappa shape index (κ2) is 5.10. The normalized spacial score (nSPS) is 15.9. The van der Waals surface area contributed by atoms with Crippen LogP contribution in [0, 0.1) is 0 Å². The summed E-state index contributed by atoms with van der Waals surface area (Å²) < 4.78 is 2.14. The summed E-state index contributed by atoms with van der Waals surface area (Å²) in [6.45, 7) is 3.19. The van der Waals surface area contributed by atoms with Crippen molar-refractivity contribution < 1.29 is 4.57 Å². The first-order chi connectivity index (χ1) is 9.29. The van der Waals surface area contributed by atoms with Crippen molar-refractivity contribution >= 4 is 23.5 Å². The largest absolute Gasteiger partial charge is 0.335 e. The number of fused-ring (bicyclic) bond motifs is 1. The van der Waals surface area contributed by atoms with E-state index in [4.69, 9.17) is 0 Å². The third-order valence-corrected chi connectivity index (χ3v) is 4.43. The summed E-state index contributed by atoms with van der Waals surface area (Å²) in [4.78, 5) is 3.71. The molecule has 0 spiro atoms. The van der Waals surface area contributed by atoms with E-state index in [1.807, 2.05) is 11.8 Å². The minimum absolute atomic E-state index is 0.992. The van der Waals surface area contributed by atoms with E-state index in [0.717, 1.165) is 6.54 Å². The molecule has 1 aliphatic rings. The smallest absolute Gasteiger partial charge is 0.207 e. The van der Waals surface area contributed by atoms with Crippen LogP contribution < -0.4 is 9.47 Å². The Hall–Kier alpha value is -1.74. The van der Waals surface area contributed by atoms with Crippen LogP contribution in [0.15, 0.2) is 58.6 Å². The van der Waals surface area contributed by atoms with Crippen molar-refractivity contribution in [2.45, 2.75) is 11.8 Å². The fourth-order valence-electron chi connectivity index (χ4n) is 2.30. The summed E-state index contributed by atoms with van der Waals surface area (Å²) in [6, 6.07) is 14.9. The van der Waals surface area contributed by atoms with Gasteiger partial charge in [0, 0.05) is 29.6 Å². The third-order valence-electron chi connectivity index (χ3n) is 3.32. The number of hydrogen-bond acceptors (Lipinski definition) is 2. The number of hydrogen-bond donors (Lipinski definition) is 0. The first kappa shape index (κ1) is 12.3. The maximum atomic E-state index is 2.37. The average Bonchev–Trinajstić information content (AvgIpc) is 2.78. The number of benzene rings is 1. The summed E-state index contributed by atoms with van der Waals surface area (Å²) >= 11 is 1.85. The summed E-state index contributed by atoms with van der Waals surface area (Å²) in [5.74, 6) is 0. The van der Waals surface area contributed by atoms with E-state index in [1.54, 1.807) is 0 Å². The fraction of sp³-hybridized carbons (Fsp3) is 0.188. The fourth-order valence-corrected chi connectivity index (χ4v) is 3.47. The molecule has 0 fully saturated rings. The van der Waals surface area contributed by atoms with Gasteiger partial charge in [0.1, 0.15) is 7.05 Å². The topological polar surface area (TPSA) is 7.12 Å². The van der Waals surface area contributed by atoms with Crippen molar-refractivity contribution in [1.82, 2.24) is 0 Å². The molecule has 96 valence electrons. The monoisotopic (exact) mass is 269 g/mol. The van der Waals surface area contributed by atoms with Crippen molar-refractivity contribution in [2.75, 3.05) is 11.4 Å². The van der Waals surface area contributed by atoms with E-state index in [2.05, 4.69) is 78.2 Å². The van der Waals surface area contributed by atoms with Crippen LogP contribution in [0.4, 0.5) is 5.69 Å². The highest BCUT2D eigenvalue weighted by Gasteiger charge is 2.24. The van der Waals surface area contributed by atoms with Crippen LogP contribution in [-0.2, 0) is 7.05 Å². The van der Waals surface area contributed by atoms with Crippen molar-refractivity contribution in [3.8, 4) is 0 Å². The molecule has 0 unspecified atom stereocenters. The molecule has 0 saturated carbocycles. The zero-order valence-electron chi connectivity index (χ0n) is 11.2. The predicted octanol–water partition coefficient (Wildman–Crippen LogP) is 3.44. The molecule has 19 heavy (non-hydrogen) atoms. The van der Waals surface area contributed by atoms with Crippen molar-refractivity contribution in [1.29, 1.82) is 0 Å². The Labute approximate surface area is 118 Å². The van der Waals surface area contributed by atoms with Crippen LogP contribution >= 0.6 is 11.8 Å². The molecule has 1 aliphatic heterocycles.